The Labute approximate surface area is 130 Å². The number of likely N-dealkylation sites (N-methyl/N-ethyl adjacent to an activating group) is 1. The molecule has 2 fully saturated rings. The first-order valence-electron chi connectivity index (χ1n) is 7.93. The molecule has 2 aliphatic carbocycles. The standard InChI is InChI=1S/C17H22N2O3/c1-3-4-5-8-18(2)13(20)10-19-16(21)14-11-6-7-12(9-11)15(14)17(19)22/h3,6-7,11-12,14-15H,1,4-5,8-10H2,2H3/t11-,12-,14-,15-/m0/s1. The Bertz CT molecular complexity index is 524. The van der Waals surface area contributed by atoms with E-state index in [0.717, 1.165) is 19.3 Å². The third-order valence-corrected chi connectivity index (χ3v) is 5.18. The van der Waals surface area contributed by atoms with Crippen molar-refractivity contribution in [2.24, 2.45) is 23.7 Å². The van der Waals surface area contributed by atoms with Gasteiger partial charge in [-0.25, -0.2) is 0 Å². The van der Waals surface area contributed by atoms with Crippen molar-refractivity contribution in [2.45, 2.75) is 19.3 Å². The van der Waals surface area contributed by atoms with Gasteiger partial charge in [-0.05, 0) is 31.1 Å². The monoisotopic (exact) mass is 302 g/mol. The topological polar surface area (TPSA) is 57.7 Å². The number of imide groups is 1. The van der Waals surface area contributed by atoms with Crippen molar-refractivity contribution in [1.29, 1.82) is 0 Å². The van der Waals surface area contributed by atoms with Crippen LogP contribution in [-0.2, 0) is 14.4 Å². The molecule has 1 saturated carbocycles. The average Bonchev–Trinajstić information content (AvgIpc) is 3.17. The highest BCUT2D eigenvalue weighted by Crippen LogP contribution is 2.52. The molecule has 0 unspecified atom stereocenters. The Balaban J connectivity index is 1.62. The van der Waals surface area contributed by atoms with Crippen molar-refractivity contribution in [3.8, 4) is 0 Å². The van der Waals surface area contributed by atoms with Crippen molar-refractivity contribution in [2.75, 3.05) is 20.1 Å². The first kappa shape index (κ1) is 15.0. The lowest BCUT2D eigenvalue weighted by Gasteiger charge is -2.21. The number of hydrogen-bond donors (Lipinski definition) is 0. The second kappa shape index (κ2) is 5.71. The van der Waals surface area contributed by atoms with E-state index in [4.69, 9.17) is 0 Å². The summed E-state index contributed by atoms with van der Waals surface area (Å²) in [6, 6.07) is 0. The summed E-state index contributed by atoms with van der Waals surface area (Å²) in [5.41, 5.74) is 0. The normalized spacial score (nSPS) is 31.8. The van der Waals surface area contributed by atoms with Crippen molar-refractivity contribution in [3.63, 3.8) is 0 Å². The maximum Gasteiger partial charge on any atom is 0.242 e. The minimum Gasteiger partial charge on any atom is -0.344 e. The van der Waals surface area contributed by atoms with Crippen molar-refractivity contribution in [1.82, 2.24) is 9.80 Å². The highest BCUT2D eigenvalue weighted by atomic mass is 16.2. The molecule has 3 amide bonds. The number of likely N-dealkylation sites (tertiary alicyclic amines) is 1. The van der Waals surface area contributed by atoms with Crippen LogP contribution in [0.1, 0.15) is 19.3 Å². The zero-order chi connectivity index (χ0) is 15.9. The van der Waals surface area contributed by atoms with Crippen LogP contribution in [0.25, 0.3) is 0 Å². The Morgan fingerprint density at radius 2 is 1.91 bits per heavy atom. The van der Waals surface area contributed by atoms with Gasteiger partial charge in [-0.15, -0.1) is 6.58 Å². The summed E-state index contributed by atoms with van der Waals surface area (Å²) in [6.45, 7) is 4.15. The number of amides is 3. The van der Waals surface area contributed by atoms with Gasteiger partial charge in [-0.2, -0.15) is 0 Å². The molecule has 3 rings (SSSR count). The van der Waals surface area contributed by atoms with Gasteiger partial charge in [0.25, 0.3) is 0 Å². The van der Waals surface area contributed by atoms with Gasteiger partial charge in [0.15, 0.2) is 0 Å². The van der Waals surface area contributed by atoms with Gasteiger partial charge >= 0.3 is 0 Å². The molecule has 1 heterocycles. The Kier molecular flexibility index (Phi) is 3.89. The van der Waals surface area contributed by atoms with Gasteiger partial charge in [-0.1, -0.05) is 18.2 Å². The minimum atomic E-state index is -0.221. The molecule has 0 aromatic carbocycles. The summed E-state index contributed by atoms with van der Waals surface area (Å²) in [6.07, 6.45) is 8.53. The van der Waals surface area contributed by atoms with Gasteiger partial charge in [-0.3, -0.25) is 19.3 Å². The van der Waals surface area contributed by atoms with Crippen LogP contribution in [0.3, 0.4) is 0 Å². The Morgan fingerprint density at radius 3 is 2.45 bits per heavy atom. The van der Waals surface area contributed by atoms with Crippen LogP contribution >= 0.6 is 0 Å². The molecular weight excluding hydrogens is 280 g/mol. The van der Waals surface area contributed by atoms with E-state index in [-0.39, 0.29) is 47.9 Å². The van der Waals surface area contributed by atoms with E-state index in [9.17, 15) is 14.4 Å². The van der Waals surface area contributed by atoms with Crippen LogP contribution in [0.4, 0.5) is 0 Å². The number of unbranched alkanes of at least 4 members (excludes halogenated alkanes) is 1. The molecule has 0 N–H and O–H groups in total. The lowest BCUT2D eigenvalue weighted by molar-refractivity contribution is -0.146. The van der Waals surface area contributed by atoms with Crippen LogP contribution in [0.2, 0.25) is 0 Å². The molecule has 0 spiro atoms. The van der Waals surface area contributed by atoms with Gasteiger partial charge < -0.3 is 4.90 Å². The predicted octanol–water partition coefficient (Wildman–Crippen LogP) is 1.22. The molecule has 118 valence electrons. The SMILES string of the molecule is C=CCCCN(C)C(=O)CN1C(=O)[C@@H]2[C@@H](C1=O)[C@H]1C=C[C@H]2C1. The highest BCUT2D eigenvalue weighted by Gasteiger charge is 2.59. The lowest BCUT2D eigenvalue weighted by atomic mass is 9.85. The number of allylic oxidation sites excluding steroid dienone is 3. The van der Waals surface area contributed by atoms with E-state index in [2.05, 4.69) is 18.7 Å². The van der Waals surface area contributed by atoms with Crippen molar-refractivity contribution < 1.29 is 14.4 Å². The number of rotatable bonds is 6. The molecule has 0 radical (unpaired) electrons. The molecule has 1 aliphatic heterocycles. The van der Waals surface area contributed by atoms with Crippen molar-refractivity contribution >= 4 is 17.7 Å². The minimum absolute atomic E-state index is 0.116. The number of nitrogens with zero attached hydrogens (tertiary/aromatic N) is 2. The zero-order valence-corrected chi connectivity index (χ0v) is 12.9. The molecule has 1 saturated heterocycles. The molecular formula is C17H22N2O3. The van der Waals surface area contributed by atoms with E-state index < -0.39 is 0 Å². The Hall–Kier alpha value is -1.91. The summed E-state index contributed by atoms with van der Waals surface area (Å²) in [7, 11) is 1.71. The molecule has 0 aromatic rings. The molecule has 0 aromatic heterocycles. The number of carbonyl (C=O) groups excluding carboxylic acids is 3. The average molecular weight is 302 g/mol. The summed E-state index contributed by atoms with van der Waals surface area (Å²) in [5.74, 6) is -0.540. The summed E-state index contributed by atoms with van der Waals surface area (Å²) < 4.78 is 0. The summed E-state index contributed by atoms with van der Waals surface area (Å²) in [5, 5.41) is 0. The molecule has 22 heavy (non-hydrogen) atoms. The first-order valence-corrected chi connectivity index (χ1v) is 7.93. The van der Waals surface area contributed by atoms with Gasteiger partial charge in [0.1, 0.15) is 6.54 Å². The fourth-order valence-electron chi connectivity index (χ4n) is 3.97. The van der Waals surface area contributed by atoms with E-state index >= 15 is 0 Å². The van der Waals surface area contributed by atoms with Crippen LogP contribution in [-0.4, -0.2) is 47.7 Å². The second-order valence-electron chi connectivity index (χ2n) is 6.51. The van der Waals surface area contributed by atoms with Gasteiger partial charge in [0.2, 0.25) is 17.7 Å². The summed E-state index contributed by atoms with van der Waals surface area (Å²) >= 11 is 0. The summed E-state index contributed by atoms with van der Waals surface area (Å²) in [4.78, 5) is 40.0. The second-order valence-corrected chi connectivity index (χ2v) is 6.51. The van der Waals surface area contributed by atoms with E-state index in [1.54, 1.807) is 11.9 Å². The third kappa shape index (κ3) is 2.28. The van der Waals surface area contributed by atoms with E-state index in [1.165, 1.54) is 4.90 Å². The van der Waals surface area contributed by atoms with Crippen LogP contribution < -0.4 is 0 Å². The van der Waals surface area contributed by atoms with Crippen LogP contribution in [0.15, 0.2) is 24.8 Å². The van der Waals surface area contributed by atoms with Gasteiger partial charge in [0, 0.05) is 13.6 Å². The smallest absolute Gasteiger partial charge is 0.242 e. The third-order valence-electron chi connectivity index (χ3n) is 5.18. The molecule has 5 heteroatoms. The van der Waals surface area contributed by atoms with Gasteiger partial charge in [0.05, 0.1) is 11.8 Å². The maximum atomic E-state index is 12.5. The fourth-order valence-corrected chi connectivity index (χ4v) is 3.97. The molecule has 5 nitrogen and oxygen atoms in total. The molecule has 2 bridgehead atoms. The lowest BCUT2D eigenvalue weighted by Crippen LogP contribution is -2.42. The van der Waals surface area contributed by atoms with Crippen molar-refractivity contribution in [3.05, 3.63) is 24.8 Å². The predicted molar refractivity (Wildman–Crippen MR) is 81.5 cm³/mol. The number of hydrogen-bond acceptors (Lipinski definition) is 3. The number of fused-ring (bicyclic) bond motifs is 5. The maximum absolute atomic E-state index is 12.5. The quantitative estimate of drug-likeness (QED) is 0.421. The number of carbonyl (C=O) groups is 3. The molecule has 4 atom stereocenters. The zero-order valence-electron chi connectivity index (χ0n) is 12.9. The van der Waals surface area contributed by atoms with E-state index in [1.807, 2.05) is 6.08 Å². The fraction of sp³-hybridized carbons (Fsp3) is 0.588. The van der Waals surface area contributed by atoms with Crippen LogP contribution in [0, 0.1) is 23.7 Å². The highest BCUT2D eigenvalue weighted by molar-refractivity contribution is 6.08. The van der Waals surface area contributed by atoms with Crippen LogP contribution in [0.5, 0.6) is 0 Å². The Morgan fingerprint density at radius 1 is 1.32 bits per heavy atom. The molecule has 3 aliphatic rings. The van der Waals surface area contributed by atoms with E-state index in [0.29, 0.717) is 6.54 Å². The largest absolute Gasteiger partial charge is 0.344 e. The first-order chi connectivity index (χ1) is 10.5.